The minimum atomic E-state index is 0.685. The highest BCUT2D eigenvalue weighted by molar-refractivity contribution is 5.83. The lowest BCUT2D eigenvalue weighted by Crippen LogP contribution is -2.33. The number of anilines is 1. The van der Waals surface area contributed by atoms with Crippen LogP contribution in [0.3, 0.4) is 0 Å². The molecule has 2 heterocycles. The largest absolute Gasteiger partial charge is 0.366 e. The lowest BCUT2D eigenvalue weighted by Gasteiger charge is -2.26. The van der Waals surface area contributed by atoms with E-state index in [2.05, 4.69) is 58.7 Å². The van der Waals surface area contributed by atoms with E-state index in [0.29, 0.717) is 6.04 Å². The maximum atomic E-state index is 3.52. The average Bonchev–Trinajstić information content (AvgIpc) is 2.70. The van der Waals surface area contributed by atoms with Crippen LogP contribution >= 0.6 is 0 Å². The zero-order valence-corrected chi connectivity index (χ0v) is 11.7. The van der Waals surface area contributed by atoms with E-state index in [1.165, 1.54) is 35.2 Å². The van der Waals surface area contributed by atoms with Crippen molar-refractivity contribution < 1.29 is 0 Å². The molecule has 0 bridgehead atoms. The molecule has 102 valence electrons. The molecule has 2 aromatic carbocycles. The molecule has 1 saturated heterocycles. The molecule has 0 aliphatic carbocycles. The highest BCUT2D eigenvalue weighted by Gasteiger charge is 2.31. The predicted molar refractivity (Wildman–Crippen MR) is 84.2 cm³/mol. The van der Waals surface area contributed by atoms with Gasteiger partial charge < -0.3 is 10.2 Å². The zero-order chi connectivity index (χ0) is 13.4. The lowest BCUT2D eigenvalue weighted by molar-refractivity contribution is 0.612. The Morgan fingerprint density at radius 1 is 0.950 bits per heavy atom. The molecule has 2 aliphatic heterocycles. The van der Waals surface area contributed by atoms with E-state index in [4.69, 9.17) is 0 Å². The molecule has 4 rings (SSSR count). The smallest absolute Gasteiger partial charge is 0.0482 e. The number of benzene rings is 2. The number of fused-ring (bicyclic) bond motifs is 3. The highest BCUT2D eigenvalue weighted by Crippen LogP contribution is 2.41. The summed E-state index contributed by atoms with van der Waals surface area (Å²) in [6, 6.07) is 18.3. The van der Waals surface area contributed by atoms with E-state index in [9.17, 15) is 0 Å². The van der Waals surface area contributed by atoms with Crippen LogP contribution in [0, 0.1) is 0 Å². The number of rotatable bonds is 1. The second-order valence-corrected chi connectivity index (χ2v) is 5.77. The summed E-state index contributed by atoms with van der Waals surface area (Å²) >= 11 is 0. The number of nitrogens with one attached hydrogen (secondary N) is 1. The van der Waals surface area contributed by atoms with Crippen molar-refractivity contribution in [3.63, 3.8) is 0 Å². The summed E-state index contributed by atoms with van der Waals surface area (Å²) in [6.07, 6.45) is 2.46. The molecule has 2 aliphatic rings. The Hall–Kier alpha value is -1.80. The Morgan fingerprint density at radius 3 is 2.75 bits per heavy atom. The van der Waals surface area contributed by atoms with Crippen molar-refractivity contribution in [1.82, 2.24) is 5.32 Å². The molecule has 0 aromatic heterocycles. The fraction of sp³-hybridized carbons (Fsp3) is 0.333. The number of hydrogen-bond donors (Lipinski definition) is 1. The van der Waals surface area contributed by atoms with Crippen LogP contribution in [-0.2, 0) is 6.42 Å². The van der Waals surface area contributed by atoms with E-state index < -0.39 is 0 Å². The van der Waals surface area contributed by atoms with Crippen molar-refractivity contribution in [3.8, 4) is 11.1 Å². The first-order valence-corrected chi connectivity index (χ1v) is 7.58. The van der Waals surface area contributed by atoms with Crippen LogP contribution in [0.25, 0.3) is 11.1 Å². The first kappa shape index (κ1) is 12.0. The molecule has 0 spiro atoms. The van der Waals surface area contributed by atoms with Gasteiger partial charge in [0.2, 0.25) is 0 Å². The first-order valence-electron chi connectivity index (χ1n) is 7.58. The van der Waals surface area contributed by atoms with Crippen molar-refractivity contribution in [3.05, 3.63) is 54.1 Å². The van der Waals surface area contributed by atoms with Crippen LogP contribution in [-0.4, -0.2) is 25.7 Å². The Morgan fingerprint density at radius 2 is 1.85 bits per heavy atom. The molecule has 1 unspecified atom stereocenters. The number of hydrogen-bond acceptors (Lipinski definition) is 2. The number of nitrogens with zero attached hydrogens (tertiary/aromatic N) is 1. The van der Waals surface area contributed by atoms with Crippen LogP contribution in [0.15, 0.2) is 48.5 Å². The van der Waals surface area contributed by atoms with Crippen LogP contribution < -0.4 is 10.2 Å². The van der Waals surface area contributed by atoms with E-state index in [0.717, 1.165) is 19.6 Å². The number of para-hydroxylation sites is 1. The molecule has 2 nitrogen and oxygen atoms in total. The van der Waals surface area contributed by atoms with Gasteiger partial charge in [-0.3, -0.25) is 0 Å². The van der Waals surface area contributed by atoms with Gasteiger partial charge in [-0.2, -0.15) is 0 Å². The van der Waals surface area contributed by atoms with Crippen molar-refractivity contribution >= 4 is 5.69 Å². The molecule has 2 aromatic rings. The van der Waals surface area contributed by atoms with Gasteiger partial charge in [0.05, 0.1) is 0 Å². The van der Waals surface area contributed by atoms with Crippen LogP contribution in [0.1, 0.15) is 12.0 Å². The van der Waals surface area contributed by atoms with E-state index >= 15 is 0 Å². The van der Waals surface area contributed by atoms with Crippen molar-refractivity contribution in [2.24, 2.45) is 0 Å². The quantitative estimate of drug-likeness (QED) is 0.851. The summed E-state index contributed by atoms with van der Waals surface area (Å²) in [4.78, 5) is 2.64. The monoisotopic (exact) mass is 264 g/mol. The predicted octanol–water partition coefficient (Wildman–Crippen LogP) is 3.08. The van der Waals surface area contributed by atoms with Gasteiger partial charge in [-0.1, -0.05) is 48.5 Å². The Labute approximate surface area is 120 Å². The normalized spacial score (nSPS) is 21.2. The summed E-state index contributed by atoms with van der Waals surface area (Å²) in [6.45, 7) is 3.37. The van der Waals surface area contributed by atoms with Gasteiger partial charge >= 0.3 is 0 Å². The summed E-state index contributed by atoms with van der Waals surface area (Å²) in [5.41, 5.74) is 5.74. The maximum absolute atomic E-state index is 3.52. The highest BCUT2D eigenvalue weighted by atomic mass is 15.2. The van der Waals surface area contributed by atoms with Gasteiger partial charge in [0.1, 0.15) is 0 Å². The summed E-state index contributed by atoms with van der Waals surface area (Å²) < 4.78 is 0. The van der Waals surface area contributed by atoms with E-state index in [1.54, 1.807) is 0 Å². The van der Waals surface area contributed by atoms with E-state index in [-0.39, 0.29) is 0 Å². The van der Waals surface area contributed by atoms with Gasteiger partial charge in [0.25, 0.3) is 0 Å². The third-order valence-corrected chi connectivity index (χ3v) is 4.57. The van der Waals surface area contributed by atoms with Crippen molar-refractivity contribution in [2.45, 2.75) is 18.9 Å². The van der Waals surface area contributed by atoms with Crippen LogP contribution in [0.4, 0.5) is 5.69 Å². The molecule has 2 heteroatoms. The Balaban J connectivity index is 1.83. The molecular weight excluding hydrogens is 244 g/mol. The second-order valence-electron chi connectivity index (χ2n) is 5.77. The Kier molecular flexibility index (Phi) is 2.96. The fourth-order valence-electron chi connectivity index (χ4n) is 3.64. The van der Waals surface area contributed by atoms with Gasteiger partial charge in [0, 0.05) is 30.4 Å². The summed E-state index contributed by atoms with van der Waals surface area (Å²) in [7, 11) is 0. The van der Waals surface area contributed by atoms with Gasteiger partial charge in [-0.05, 0) is 30.5 Å². The second kappa shape index (κ2) is 4.95. The van der Waals surface area contributed by atoms with Gasteiger partial charge in [-0.25, -0.2) is 0 Å². The van der Waals surface area contributed by atoms with E-state index in [1.807, 2.05) is 0 Å². The molecule has 1 atom stereocenters. The standard InChI is InChI=1S/C18H20N2/c1-2-5-14(6-3-1)17-8-4-7-15-13-16-9-10-19-11-12-20(16)18(15)17/h1-8,16,19H,9-13H2. The molecule has 0 amide bonds. The molecule has 0 saturated carbocycles. The maximum Gasteiger partial charge on any atom is 0.0482 e. The van der Waals surface area contributed by atoms with Crippen molar-refractivity contribution in [1.29, 1.82) is 0 Å². The Bertz CT molecular complexity index is 606. The SMILES string of the molecule is c1ccc(-c2cccc3c2N2CCNCCC2C3)cc1. The fourth-order valence-corrected chi connectivity index (χ4v) is 3.64. The minimum absolute atomic E-state index is 0.685. The first-order chi connectivity index (χ1) is 9.93. The van der Waals surface area contributed by atoms with Crippen LogP contribution in [0.5, 0.6) is 0 Å². The van der Waals surface area contributed by atoms with Crippen molar-refractivity contribution in [2.75, 3.05) is 24.5 Å². The third kappa shape index (κ3) is 1.92. The third-order valence-electron chi connectivity index (χ3n) is 4.57. The lowest BCUT2D eigenvalue weighted by atomic mass is 10.00. The average molecular weight is 264 g/mol. The topological polar surface area (TPSA) is 15.3 Å². The molecule has 1 N–H and O–H groups in total. The molecular formula is C18H20N2. The minimum Gasteiger partial charge on any atom is -0.366 e. The van der Waals surface area contributed by atoms with Gasteiger partial charge in [0.15, 0.2) is 0 Å². The molecule has 20 heavy (non-hydrogen) atoms. The van der Waals surface area contributed by atoms with Crippen LogP contribution in [0.2, 0.25) is 0 Å². The summed E-state index contributed by atoms with van der Waals surface area (Å²) in [5.74, 6) is 0. The summed E-state index contributed by atoms with van der Waals surface area (Å²) in [5, 5.41) is 3.52. The van der Waals surface area contributed by atoms with Gasteiger partial charge in [-0.15, -0.1) is 0 Å². The molecule has 0 radical (unpaired) electrons. The molecule has 1 fully saturated rings. The zero-order valence-electron chi connectivity index (χ0n) is 11.7.